The van der Waals surface area contributed by atoms with Gasteiger partial charge in [0, 0.05) is 0 Å². The second kappa shape index (κ2) is 7.95. The summed E-state index contributed by atoms with van der Waals surface area (Å²) in [6.45, 7) is 3.70. The fourth-order valence-corrected chi connectivity index (χ4v) is 3.05. The van der Waals surface area contributed by atoms with Gasteiger partial charge in [0.15, 0.2) is 0 Å². The van der Waals surface area contributed by atoms with Crippen LogP contribution < -0.4 is 5.32 Å². The number of amides is 3. The molecule has 0 spiro atoms. The minimum absolute atomic E-state index is 0.123. The molecule has 3 amide bonds. The van der Waals surface area contributed by atoms with Gasteiger partial charge in [0.1, 0.15) is 18.7 Å². The highest BCUT2D eigenvalue weighted by molar-refractivity contribution is 6.08. The normalized spacial score (nSPS) is 16.2. The van der Waals surface area contributed by atoms with Crippen molar-refractivity contribution in [2.75, 3.05) is 6.54 Å². The summed E-state index contributed by atoms with van der Waals surface area (Å²) >= 11 is 0. The smallest absolute Gasteiger partial charge is 0.326 e. The summed E-state index contributed by atoms with van der Waals surface area (Å²) in [5, 5.41) is 2.78. The van der Waals surface area contributed by atoms with Crippen LogP contribution in [0.2, 0.25) is 0 Å². The molecule has 1 fully saturated rings. The molecule has 6 heteroatoms. The van der Waals surface area contributed by atoms with Crippen molar-refractivity contribution >= 4 is 17.9 Å². The van der Waals surface area contributed by atoms with Gasteiger partial charge >= 0.3 is 12.0 Å². The number of esters is 1. The lowest BCUT2D eigenvalue weighted by atomic mass is 9.88. The third-order valence-electron chi connectivity index (χ3n) is 4.13. The van der Waals surface area contributed by atoms with Crippen LogP contribution in [0.4, 0.5) is 4.79 Å². The molecule has 0 aliphatic carbocycles. The number of nitrogens with zero attached hydrogens (tertiary/aromatic N) is 1. The Kier molecular flexibility index (Phi) is 5.95. The van der Waals surface area contributed by atoms with Gasteiger partial charge in [-0.1, -0.05) is 57.0 Å². The molecule has 1 aliphatic rings. The molecule has 24 heavy (non-hydrogen) atoms. The zero-order valence-corrected chi connectivity index (χ0v) is 14.2. The Morgan fingerprint density at radius 3 is 2.33 bits per heavy atom. The van der Waals surface area contributed by atoms with Crippen molar-refractivity contribution in [3.63, 3.8) is 0 Å². The molecule has 1 aromatic rings. The van der Waals surface area contributed by atoms with Crippen LogP contribution in [-0.4, -0.2) is 34.9 Å². The van der Waals surface area contributed by atoms with E-state index in [0.717, 1.165) is 23.3 Å². The second-order valence-corrected chi connectivity index (χ2v) is 6.05. The molecule has 1 aromatic carbocycles. The van der Waals surface area contributed by atoms with Crippen molar-refractivity contribution in [2.24, 2.45) is 0 Å². The molecule has 0 atom stereocenters. The lowest BCUT2D eigenvalue weighted by Gasteiger charge is -2.25. The predicted molar refractivity (Wildman–Crippen MR) is 89.0 cm³/mol. The Hall–Kier alpha value is -2.37. The third-order valence-corrected chi connectivity index (χ3v) is 4.13. The van der Waals surface area contributed by atoms with Crippen LogP contribution >= 0.6 is 0 Å². The Balaban J connectivity index is 1.97. The maximum Gasteiger partial charge on any atom is 0.326 e. The van der Waals surface area contributed by atoms with Gasteiger partial charge in [-0.15, -0.1) is 0 Å². The molecule has 0 aromatic heterocycles. The van der Waals surface area contributed by atoms with E-state index in [1.165, 1.54) is 0 Å². The highest BCUT2D eigenvalue weighted by Gasteiger charge is 2.50. The molecule has 1 saturated heterocycles. The van der Waals surface area contributed by atoms with Crippen LogP contribution in [0.15, 0.2) is 30.3 Å². The van der Waals surface area contributed by atoms with Crippen LogP contribution in [0.25, 0.3) is 0 Å². The van der Waals surface area contributed by atoms with E-state index in [0.29, 0.717) is 12.8 Å². The summed E-state index contributed by atoms with van der Waals surface area (Å²) in [5.74, 6) is -0.918. The number of hydrogen-bond acceptors (Lipinski definition) is 4. The van der Waals surface area contributed by atoms with E-state index in [9.17, 15) is 14.4 Å². The molecule has 0 saturated carbocycles. The van der Waals surface area contributed by atoms with Gasteiger partial charge in [-0.05, 0) is 18.4 Å². The highest BCUT2D eigenvalue weighted by Crippen LogP contribution is 2.27. The molecule has 1 N–H and O–H groups in total. The minimum atomic E-state index is -0.875. The number of ether oxygens (including phenoxy) is 1. The number of carbonyl (C=O) groups excluding carboxylic acids is 3. The lowest BCUT2D eigenvalue weighted by molar-refractivity contribution is -0.149. The molecule has 6 nitrogen and oxygen atoms in total. The van der Waals surface area contributed by atoms with Gasteiger partial charge < -0.3 is 10.1 Å². The first-order chi connectivity index (χ1) is 11.5. The van der Waals surface area contributed by atoms with Crippen molar-refractivity contribution in [1.82, 2.24) is 10.2 Å². The average molecular weight is 332 g/mol. The number of carbonyl (C=O) groups is 3. The summed E-state index contributed by atoms with van der Waals surface area (Å²) in [4.78, 5) is 37.8. The van der Waals surface area contributed by atoms with Gasteiger partial charge in [-0.2, -0.15) is 0 Å². The Bertz CT molecular complexity index is 594. The summed E-state index contributed by atoms with van der Waals surface area (Å²) in [6.07, 6.45) is 2.69. The van der Waals surface area contributed by atoms with E-state index < -0.39 is 17.5 Å². The first kappa shape index (κ1) is 18.0. The van der Waals surface area contributed by atoms with Gasteiger partial charge in [0.2, 0.25) is 0 Å². The highest BCUT2D eigenvalue weighted by atomic mass is 16.5. The lowest BCUT2D eigenvalue weighted by Crippen LogP contribution is -2.47. The number of rotatable bonds is 8. The molecule has 0 radical (unpaired) electrons. The maximum absolute atomic E-state index is 12.7. The molecule has 0 unspecified atom stereocenters. The van der Waals surface area contributed by atoms with E-state index in [1.54, 1.807) is 0 Å². The van der Waals surface area contributed by atoms with Crippen LogP contribution in [0, 0.1) is 0 Å². The number of hydrogen-bond donors (Lipinski definition) is 1. The Morgan fingerprint density at radius 1 is 1.12 bits per heavy atom. The summed E-state index contributed by atoms with van der Waals surface area (Å²) in [7, 11) is 0. The molecular weight excluding hydrogens is 308 g/mol. The number of urea groups is 1. The number of imide groups is 1. The molecular formula is C18H24N2O4. The predicted octanol–water partition coefficient (Wildman–Crippen LogP) is 2.62. The number of benzene rings is 1. The van der Waals surface area contributed by atoms with Crippen LogP contribution in [-0.2, 0) is 20.9 Å². The summed E-state index contributed by atoms with van der Waals surface area (Å²) in [6, 6.07) is 8.75. The minimum Gasteiger partial charge on any atom is -0.459 e. The zero-order valence-electron chi connectivity index (χ0n) is 14.2. The molecule has 0 bridgehead atoms. The van der Waals surface area contributed by atoms with E-state index in [-0.39, 0.29) is 19.1 Å². The van der Waals surface area contributed by atoms with Crippen LogP contribution in [0.3, 0.4) is 0 Å². The molecule has 1 aliphatic heterocycles. The molecule has 1 heterocycles. The topological polar surface area (TPSA) is 75.7 Å². The van der Waals surface area contributed by atoms with E-state index in [2.05, 4.69) is 5.32 Å². The van der Waals surface area contributed by atoms with E-state index in [1.807, 2.05) is 44.2 Å². The first-order valence-corrected chi connectivity index (χ1v) is 8.36. The van der Waals surface area contributed by atoms with Crippen molar-refractivity contribution in [3.8, 4) is 0 Å². The van der Waals surface area contributed by atoms with Gasteiger partial charge in [-0.25, -0.2) is 4.79 Å². The standard InChI is InChI=1S/C18H24N2O4/c1-3-10-18(11-4-2)16(22)20(17(23)19-18)12-15(21)24-13-14-8-6-5-7-9-14/h5-9H,3-4,10-13H2,1-2H3,(H,19,23). The van der Waals surface area contributed by atoms with Crippen molar-refractivity contribution in [3.05, 3.63) is 35.9 Å². The van der Waals surface area contributed by atoms with Crippen molar-refractivity contribution in [2.45, 2.75) is 51.7 Å². The largest absolute Gasteiger partial charge is 0.459 e. The van der Waals surface area contributed by atoms with Gasteiger partial charge in [0.05, 0.1) is 0 Å². The quantitative estimate of drug-likeness (QED) is 0.586. The summed E-state index contributed by atoms with van der Waals surface area (Å²) in [5.41, 5.74) is -0.0188. The maximum atomic E-state index is 12.7. The average Bonchev–Trinajstić information content (AvgIpc) is 2.79. The van der Waals surface area contributed by atoms with Crippen molar-refractivity contribution < 1.29 is 19.1 Å². The SMILES string of the molecule is CCCC1(CCC)NC(=O)N(CC(=O)OCc2ccccc2)C1=O. The summed E-state index contributed by atoms with van der Waals surface area (Å²) < 4.78 is 5.16. The Morgan fingerprint density at radius 2 is 1.75 bits per heavy atom. The third kappa shape index (κ3) is 3.93. The first-order valence-electron chi connectivity index (χ1n) is 8.36. The monoisotopic (exact) mass is 332 g/mol. The zero-order chi connectivity index (χ0) is 17.6. The van der Waals surface area contributed by atoms with E-state index >= 15 is 0 Å². The van der Waals surface area contributed by atoms with Gasteiger partial charge in [0.25, 0.3) is 5.91 Å². The second-order valence-electron chi connectivity index (χ2n) is 6.05. The fraction of sp³-hybridized carbons (Fsp3) is 0.500. The molecule has 2 rings (SSSR count). The van der Waals surface area contributed by atoms with Crippen LogP contribution in [0.1, 0.15) is 45.1 Å². The van der Waals surface area contributed by atoms with Crippen molar-refractivity contribution in [1.29, 1.82) is 0 Å². The Labute approximate surface area is 142 Å². The number of nitrogens with one attached hydrogen (secondary N) is 1. The van der Waals surface area contributed by atoms with E-state index in [4.69, 9.17) is 4.74 Å². The molecule has 130 valence electrons. The fourth-order valence-electron chi connectivity index (χ4n) is 3.05. The van der Waals surface area contributed by atoms with Crippen LogP contribution in [0.5, 0.6) is 0 Å². The van der Waals surface area contributed by atoms with Gasteiger partial charge in [-0.3, -0.25) is 14.5 Å².